The van der Waals surface area contributed by atoms with E-state index in [2.05, 4.69) is 34.1 Å². The van der Waals surface area contributed by atoms with Gasteiger partial charge in [-0.2, -0.15) is 0 Å². The van der Waals surface area contributed by atoms with E-state index in [-0.39, 0.29) is 0 Å². The van der Waals surface area contributed by atoms with Crippen molar-refractivity contribution in [3.05, 3.63) is 23.5 Å². The van der Waals surface area contributed by atoms with Crippen molar-refractivity contribution in [2.24, 2.45) is 0 Å². The lowest BCUT2D eigenvalue weighted by Gasteiger charge is -2.01. The molecule has 0 aliphatic carbocycles. The first kappa shape index (κ1) is 10.8. The molecule has 0 spiro atoms. The zero-order valence-electron chi connectivity index (χ0n) is 9.14. The van der Waals surface area contributed by atoms with Gasteiger partial charge >= 0.3 is 0 Å². The molecule has 5 nitrogen and oxygen atoms in total. The molecule has 0 unspecified atom stereocenters. The standard InChI is InChI=1S/C10H13N5S/c1-6(2)7-5-16-10(14-7)15-9-4-12-8(11)3-13-9/h3-6H,1-2H3,(H2,11,12)(H,13,14,15). The van der Waals surface area contributed by atoms with Crippen LogP contribution in [0.3, 0.4) is 0 Å². The zero-order chi connectivity index (χ0) is 11.5. The summed E-state index contributed by atoms with van der Waals surface area (Å²) in [7, 11) is 0. The Kier molecular flexibility index (Phi) is 3.00. The number of rotatable bonds is 3. The lowest BCUT2D eigenvalue weighted by Crippen LogP contribution is -1.97. The number of hydrogen-bond acceptors (Lipinski definition) is 6. The van der Waals surface area contributed by atoms with Gasteiger partial charge in [-0.3, -0.25) is 0 Å². The number of nitrogens with two attached hydrogens (primary N) is 1. The van der Waals surface area contributed by atoms with Gasteiger partial charge in [0.05, 0.1) is 18.1 Å². The number of hydrogen-bond donors (Lipinski definition) is 2. The number of nitrogen functional groups attached to an aromatic ring is 1. The summed E-state index contributed by atoms with van der Waals surface area (Å²) >= 11 is 1.56. The monoisotopic (exact) mass is 235 g/mol. The van der Waals surface area contributed by atoms with Crippen LogP contribution in [0.4, 0.5) is 16.8 Å². The first-order valence-corrected chi connectivity index (χ1v) is 5.83. The maximum absolute atomic E-state index is 5.45. The smallest absolute Gasteiger partial charge is 0.188 e. The Balaban J connectivity index is 2.11. The molecule has 3 N–H and O–H groups in total. The van der Waals surface area contributed by atoms with E-state index in [1.807, 2.05) is 5.38 Å². The largest absolute Gasteiger partial charge is 0.382 e. The minimum atomic E-state index is 0.410. The molecule has 2 aromatic rings. The molecule has 0 saturated carbocycles. The fourth-order valence-corrected chi connectivity index (χ4v) is 2.00. The molecule has 84 valence electrons. The molecule has 2 aromatic heterocycles. The fourth-order valence-electron chi connectivity index (χ4n) is 1.12. The molecule has 0 aromatic carbocycles. The second-order valence-electron chi connectivity index (χ2n) is 3.68. The average molecular weight is 235 g/mol. The van der Waals surface area contributed by atoms with Crippen LogP contribution >= 0.6 is 11.3 Å². The molecular weight excluding hydrogens is 222 g/mol. The predicted molar refractivity (Wildman–Crippen MR) is 65.9 cm³/mol. The number of anilines is 3. The lowest BCUT2D eigenvalue weighted by atomic mass is 10.2. The number of nitrogens with zero attached hydrogens (tertiary/aromatic N) is 3. The Morgan fingerprint density at radius 1 is 1.31 bits per heavy atom. The Morgan fingerprint density at radius 2 is 2.12 bits per heavy atom. The molecule has 0 aliphatic rings. The highest BCUT2D eigenvalue weighted by molar-refractivity contribution is 7.13. The van der Waals surface area contributed by atoms with Crippen molar-refractivity contribution < 1.29 is 0 Å². The van der Waals surface area contributed by atoms with E-state index in [9.17, 15) is 0 Å². The van der Waals surface area contributed by atoms with E-state index in [0.717, 1.165) is 10.8 Å². The van der Waals surface area contributed by atoms with E-state index >= 15 is 0 Å². The molecule has 0 fully saturated rings. The van der Waals surface area contributed by atoms with Crippen molar-refractivity contribution in [2.45, 2.75) is 19.8 Å². The molecule has 2 heterocycles. The van der Waals surface area contributed by atoms with Gasteiger partial charge in [0.15, 0.2) is 10.9 Å². The minimum absolute atomic E-state index is 0.410. The predicted octanol–water partition coefficient (Wildman–Crippen LogP) is 2.38. The summed E-state index contributed by atoms with van der Waals surface area (Å²) in [5.74, 6) is 1.50. The van der Waals surface area contributed by atoms with Crippen LogP contribution < -0.4 is 11.1 Å². The van der Waals surface area contributed by atoms with Crippen LogP contribution in [-0.4, -0.2) is 15.0 Å². The van der Waals surface area contributed by atoms with E-state index in [0.29, 0.717) is 17.6 Å². The summed E-state index contributed by atoms with van der Waals surface area (Å²) in [4.78, 5) is 12.5. The maximum Gasteiger partial charge on any atom is 0.188 e. The van der Waals surface area contributed by atoms with Gasteiger partial charge in [0, 0.05) is 5.38 Å². The zero-order valence-corrected chi connectivity index (χ0v) is 9.95. The highest BCUT2D eigenvalue weighted by Crippen LogP contribution is 2.23. The van der Waals surface area contributed by atoms with Crippen LogP contribution in [0.25, 0.3) is 0 Å². The van der Waals surface area contributed by atoms with Crippen LogP contribution in [0.2, 0.25) is 0 Å². The Morgan fingerprint density at radius 3 is 2.69 bits per heavy atom. The third-order valence-electron chi connectivity index (χ3n) is 2.02. The summed E-state index contributed by atoms with van der Waals surface area (Å²) in [6.07, 6.45) is 3.10. The van der Waals surface area contributed by atoms with Crippen molar-refractivity contribution in [1.82, 2.24) is 15.0 Å². The van der Waals surface area contributed by atoms with Crippen molar-refractivity contribution in [1.29, 1.82) is 0 Å². The molecule has 2 rings (SSSR count). The van der Waals surface area contributed by atoms with Crippen LogP contribution in [0.15, 0.2) is 17.8 Å². The maximum atomic E-state index is 5.45. The topological polar surface area (TPSA) is 76.7 Å². The van der Waals surface area contributed by atoms with Gasteiger partial charge in [0.25, 0.3) is 0 Å². The molecule has 16 heavy (non-hydrogen) atoms. The molecule has 0 radical (unpaired) electrons. The van der Waals surface area contributed by atoms with E-state index in [1.165, 1.54) is 6.20 Å². The Labute approximate surface area is 97.8 Å². The second-order valence-corrected chi connectivity index (χ2v) is 4.54. The van der Waals surface area contributed by atoms with Gasteiger partial charge in [0.1, 0.15) is 5.82 Å². The highest BCUT2D eigenvalue weighted by atomic mass is 32.1. The van der Waals surface area contributed by atoms with Gasteiger partial charge in [-0.05, 0) is 5.92 Å². The minimum Gasteiger partial charge on any atom is -0.382 e. The summed E-state index contributed by atoms with van der Waals surface area (Å²) in [5, 5.41) is 5.95. The van der Waals surface area contributed by atoms with Gasteiger partial charge in [0.2, 0.25) is 0 Å². The van der Waals surface area contributed by atoms with Gasteiger partial charge in [-0.25, -0.2) is 15.0 Å². The molecule has 0 saturated heterocycles. The van der Waals surface area contributed by atoms with Gasteiger partial charge < -0.3 is 11.1 Å². The third kappa shape index (κ3) is 2.46. The number of thiazole rings is 1. The summed E-state index contributed by atoms with van der Waals surface area (Å²) in [6, 6.07) is 0. The summed E-state index contributed by atoms with van der Waals surface area (Å²) < 4.78 is 0. The van der Waals surface area contributed by atoms with Crippen molar-refractivity contribution in [3.63, 3.8) is 0 Å². The highest BCUT2D eigenvalue weighted by Gasteiger charge is 2.06. The molecule has 0 aliphatic heterocycles. The summed E-state index contributed by atoms with van der Waals surface area (Å²) in [6.45, 7) is 4.23. The number of nitrogens with one attached hydrogen (secondary N) is 1. The van der Waals surface area contributed by atoms with Crippen molar-refractivity contribution in [3.8, 4) is 0 Å². The first-order valence-electron chi connectivity index (χ1n) is 4.95. The molecule has 6 heteroatoms. The lowest BCUT2D eigenvalue weighted by molar-refractivity contribution is 0.834. The van der Waals surface area contributed by atoms with E-state index < -0.39 is 0 Å². The van der Waals surface area contributed by atoms with E-state index in [1.54, 1.807) is 17.5 Å². The van der Waals surface area contributed by atoms with Crippen LogP contribution in [-0.2, 0) is 0 Å². The van der Waals surface area contributed by atoms with Crippen LogP contribution in [0.1, 0.15) is 25.5 Å². The second kappa shape index (κ2) is 4.44. The molecule has 0 bridgehead atoms. The molecular formula is C10H13N5S. The van der Waals surface area contributed by atoms with Crippen LogP contribution in [0, 0.1) is 0 Å². The fraction of sp³-hybridized carbons (Fsp3) is 0.300. The SMILES string of the molecule is CC(C)c1csc(Nc2cnc(N)cn2)n1. The van der Waals surface area contributed by atoms with Gasteiger partial charge in [-0.1, -0.05) is 13.8 Å². The van der Waals surface area contributed by atoms with Gasteiger partial charge in [-0.15, -0.1) is 11.3 Å². The molecule has 0 amide bonds. The van der Waals surface area contributed by atoms with Crippen LogP contribution in [0.5, 0.6) is 0 Å². The first-order chi connectivity index (χ1) is 7.65. The van der Waals surface area contributed by atoms with E-state index in [4.69, 9.17) is 5.73 Å². The normalized spacial score (nSPS) is 10.7. The average Bonchev–Trinajstić information content (AvgIpc) is 2.70. The summed E-state index contributed by atoms with van der Waals surface area (Å²) in [5.41, 5.74) is 6.53. The van der Waals surface area contributed by atoms with Crippen molar-refractivity contribution in [2.75, 3.05) is 11.1 Å². The van der Waals surface area contributed by atoms with Crippen molar-refractivity contribution >= 4 is 28.1 Å². The Hall–Kier alpha value is -1.69. The quantitative estimate of drug-likeness (QED) is 0.854. The Bertz CT molecular complexity index is 462. The molecule has 0 atom stereocenters. The third-order valence-corrected chi connectivity index (χ3v) is 2.80. The number of aromatic nitrogens is 3.